The Hall–Kier alpha value is -2.38. The van der Waals surface area contributed by atoms with Gasteiger partial charge in [-0.15, -0.1) is 0 Å². The summed E-state index contributed by atoms with van der Waals surface area (Å²) < 4.78 is 8.19. The molecular weight excluding hydrogens is 402 g/mol. The van der Waals surface area contributed by atoms with E-state index in [4.69, 9.17) is 4.74 Å². The van der Waals surface area contributed by atoms with E-state index in [0.29, 0.717) is 11.7 Å². The fourth-order valence-corrected chi connectivity index (χ4v) is 5.58. The number of rotatable bonds is 4. The zero-order valence-electron chi connectivity index (χ0n) is 19.2. The Kier molecular flexibility index (Phi) is 6.20. The number of anilines is 1. The quantitative estimate of drug-likeness (QED) is 0.736. The van der Waals surface area contributed by atoms with Gasteiger partial charge in [0.2, 0.25) is 0 Å². The van der Waals surface area contributed by atoms with Crippen LogP contribution in [0.1, 0.15) is 43.1 Å². The number of likely N-dealkylation sites (tertiary alicyclic amines) is 1. The number of ether oxygens (including phenoxy) is 1. The van der Waals surface area contributed by atoms with Gasteiger partial charge in [0.25, 0.3) is 5.91 Å². The normalized spacial score (nSPS) is 24.1. The monoisotopic (exact) mass is 437 g/mol. The van der Waals surface area contributed by atoms with E-state index in [-0.39, 0.29) is 11.5 Å². The van der Waals surface area contributed by atoms with E-state index in [2.05, 4.69) is 45.2 Å². The number of benzene rings is 1. The van der Waals surface area contributed by atoms with Crippen LogP contribution in [0.2, 0.25) is 0 Å². The SMILES string of the molecule is CCn1ccc(C(=O)N2CCC3(CC2)CC(N2CCN(c4ccccc4)CC2)CCO3)n1. The molecule has 3 fully saturated rings. The summed E-state index contributed by atoms with van der Waals surface area (Å²) in [6.45, 7) is 9.55. The molecule has 1 aromatic carbocycles. The number of hydrogen-bond acceptors (Lipinski definition) is 5. The zero-order valence-corrected chi connectivity index (χ0v) is 19.2. The second-order valence-corrected chi connectivity index (χ2v) is 9.39. The van der Waals surface area contributed by atoms with Gasteiger partial charge in [0.1, 0.15) is 5.69 Å². The molecule has 5 rings (SSSR count). The van der Waals surface area contributed by atoms with Crippen LogP contribution in [0.15, 0.2) is 42.6 Å². The highest BCUT2D eigenvalue weighted by Crippen LogP contribution is 2.37. The Morgan fingerprint density at radius 3 is 2.50 bits per heavy atom. The van der Waals surface area contributed by atoms with E-state index >= 15 is 0 Å². The minimum absolute atomic E-state index is 0.0523. The minimum atomic E-state index is -0.0704. The van der Waals surface area contributed by atoms with Crippen LogP contribution < -0.4 is 4.90 Å². The molecule has 3 saturated heterocycles. The Morgan fingerprint density at radius 2 is 1.81 bits per heavy atom. The molecule has 0 saturated carbocycles. The molecule has 0 radical (unpaired) electrons. The van der Waals surface area contributed by atoms with Gasteiger partial charge < -0.3 is 14.5 Å². The van der Waals surface area contributed by atoms with Gasteiger partial charge in [0.15, 0.2) is 0 Å². The Labute approximate surface area is 190 Å². The van der Waals surface area contributed by atoms with Gasteiger partial charge in [-0.05, 0) is 50.8 Å². The molecule has 172 valence electrons. The molecule has 4 heterocycles. The third-order valence-electron chi connectivity index (χ3n) is 7.56. The summed E-state index contributed by atoms with van der Waals surface area (Å²) in [7, 11) is 0. The van der Waals surface area contributed by atoms with Crippen molar-refractivity contribution in [3.63, 3.8) is 0 Å². The zero-order chi connectivity index (χ0) is 22.0. The van der Waals surface area contributed by atoms with Crippen molar-refractivity contribution in [3.05, 3.63) is 48.3 Å². The number of nitrogens with zero attached hydrogens (tertiary/aromatic N) is 5. The molecule has 3 aliphatic heterocycles. The Bertz CT molecular complexity index is 898. The first-order chi connectivity index (χ1) is 15.7. The predicted octanol–water partition coefficient (Wildman–Crippen LogP) is 2.88. The summed E-state index contributed by atoms with van der Waals surface area (Å²) in [6, 6.07) is 13.2. The van der Waals surface area contributed by atoms with E-state index in [1.165, 1.54) is 5.69 Å². The van der Waals surface area contributed by atoms with Crippen LogP contribution in [-0.2, 0) is 11.3 Å². The van der Waals surface area contributed by atoms with Gasteiger partial charge in [0, 0.05) is 70.3 Å². The van der Waals surface area contributed by atoms with Crippen molar-refractivity contribution in [1.82, 2.24) is 19.6 Å². The first-order valence-electron chi connectivity index (χ1n) is 12.2. The van der Waals surface area contributed by atoms with Crippen molar-refractivity contribution in [1.29, 1.82) is 0 Å². The number of amides is 1. The highest BCUT2D eigenvalue weighted by atomic mass is 16.5. The molecule has 7 heteroatoms. The molecule has 1 aromatic heterocycles. The Balaban J connectivity index is 1.15. The Morgan fingerprint density at radius 1 is 1.06 bits per heavy atom. The molecule has 0 N–H and O–H groups in total. The van der Waals surface area contributed by atoms with Gasteiger partial charge in [0.05, 0.1) is 5.60 Å². The predicted molar refractivity (Wildman–Crippen MR) is 125 cm³/mol. The molecule has 2 aromatic rings. The first-order valence-corrected chi connectivity index (χ1v) is 12.2. The van der Waals surface area contributed by atoms with Crippen LogP contribution in [0.4, 0.5) is 5.69 Å². The van der Waals surface area contributed by atoms with E-state index in [0.717, 1.165) is 78.1 Å². The molecule has 0 aliphatic carbocycles. The smallest absolute Gasteiger partial charge is 0.274 e. The third kappa shape index (κ3) is 4.41. The standard InChI is InChI=1S/C25H35N5O2/c1-2-30-12-8-23(26-30)24(31)29-13-10-25(11-14-29)20-22(9-19-32-25)28-17-15-27(16-18-28)21-6-4-3-5-7-21/h3-8,12,22H,2,9-11,13-20H2,1H3. The van der Waals surface area contributed by atoms with Crippen molar-refractivity contribution in [3.8, 4) is 0 Å². The van der Waals surface area contributed by atoms with Crippen molar-refractivity contribution >= 4 is 11.6 Å². The number of piperidine rings is 1. The number of carbonyl (C=O) groups is 1. The maximum Gasteiger partial charge on any atom is 0.274 e. The lowest BCUT2D eigenvalue weighted by atomic mass is 9.81. The first kappa shape index (κ1) is 21.5. The second kappa shape index (κ2) is 9.24. The average Bonchev–Trinajstić information content (AvgIpc) is 3.34. The molecule has 7 nitrogen and oxygen atoms in total. The van der Waals surface area contributed by atoms with Crippen LogP contribution in [0, 0.1) is 0 Å². The van der Waals surface area contributed by atoms with Gasteiger partial charge >= 0.3 is 0 Å². The average molecular weight is 438 g/mol. The number of carbonyl (C=O) groups excluding carboxylic acids is 1. The summed E-state index contributed by atoms with van der Waals surface area (Å²) in [5.74, 6) is 0.0523. The summed E-state index contributed by atoms with van der Waals surface area (Å²) in [5.41, 5.74) is 1.82. The molecule has 1 atom stereocenters. The van der Waals surface area contributed by atoms with Crippen LogP contribution in [0.5, 0.6) is 0 Å². The van der Waals surface area contributed by atoms with E-state index in [9.17, 15) is 4.79 Å². The van der Waals surface area contributed by atoms with Gasteiger partial charge in [-0.25, -0.2) is 0 Å². The van der Waals surface area contributed by atoms with E-state index in [1.54, 1.807) is 0 Å². The molecule has 1 unspecified atom stereocenters. The third-order valence-corrected chi connectivity index (χ3v) is 7.56. The highest BCUT2D eigenvalue weighted by molar-refractivity contribution is 5.92. The lowest BCUT2D eigenvalue weighted by Crippen LogP contribution is -2.57. The van der Waals surface area contributed by atoms with Crippen molar-refractivity contribution in [2.75, 3.05) is 50.8 Å². The summed E-state index contributed by atoms with van der Waals surface area (Å²) in [6.07, 6.45) is 5.93. The van der Waals surface area contributed by atoms with Crippen LogP contribution in [0.25, 0.3) is 0 Å². The van der Waals surface area contributed by atoms with Crippen LogP contribution in [-0.4, -0.2) is 83.0 Å². The van der Waals surface area contributed by atoms with E-state index in [1.807, 2.05) is 28.8 Å². The second-order valence-electron chi connectivity index (χ2n) is 9.39. The van der Waals surface area contributed by atoms with Crippen molar-refractivity contribution in [2.24, 2.45) is 0 Å². The molecule has 3 aliphatic rings. The molecule has 32 heavy (non-hydrogen) atoms. The topological polar surface area (TPSA) is 53.8 Å². The van der Waals surface area contributed by atoms with E-state index < -0.39 is 0 Å². The van der Waals surface area contributed by atoms with Crippen LogP contribution in [0.3, 0.4) is 0 Å². The molecule has 1 amide bonds. The molecule has 1 spiro atoms. The fraction of sp³-hybridized carbons (Fsp3) is 0.600. The number of hydrogen-bond donors (Lipinski definition) is 0. The highest BCUT2D eigenvalue weighted by Gasteiger charge is 2.43. The van der Waals surface area contributed by atoms with Crippen LogP contribution >= 0.6 is 0 Å². The lowest BCUT2D eigenvalue weighted by Gasteiger charge is -2.49. The summed E-state index contributed by atoms with van der Waals surface area (Å²) in [4.78, 5) is 20.0. The number of piperazine rings is 1. The molecular formula is C25H35N5O2. The minimum Gasteiger partial charge on any atom is -0.375 e. The summed E-state index contributed by atoms with van der Waals surface area (Å²) >= 11 is 0. The lowest BCUT2D eigenvalue weighted by molar-refractivity contribution is -0.130. The van der Waals surface area contributed by atoms with Gasteiger partial charge in [-0.1, -0.05) is 18.2 Å². The van der Waals surface area contributed by atoms with Gasteiger partial charge in [-0.2, -0.15) is 5.10 Å². The largest absolute Gasteiger partial charge is 0.375 e. The van der Waals surface area contributed by atoms with Gasteiger partial charge in [-0.3, -0.25) is 14.4 Å². The number of aromatic nitrogens is 2. The maximum atomic E-state index is 12.9. The van der Waals surface area contributed by atoms with Crippen molar-refractivity contribution in [2.45, 2.75) is 50.8 Å². The van der Waals surface area contributed by atoms with Crippen molar-refractivity contribution < 1.29 is 9.53 Å². The number of aryl methyl sites for hydroxylation is 1. The fourth-order valence-electron chi connectivity index (χ4n) is 5.58. The maximum absolute atomic E-state index is 12.9. The summed E-state index contributed by atoms with van der Waals surface area (Å²) in [5, 5.41) is 4.39. The molecule has 0 bridgehead atoms. The number of para-hydroxylation sites is 1.